The van der Waals surface area contributed by atoms with Gasteiger partial charge >= 0.3 is 11.7 Å². The summed E-state index contributed by atoms with van der Waals surface area (Å²) in [6.07, 6.45) is 2.41. The van der Waals surface area contributed by atoms with E-state index >= 15 is 0 Å². The number of nitrogens with one attached hydrogen (secondary N) is 1. The zero-order chi connectivity index (χ0) is 15.0. The standard InChI is InChI=1S/C14H9N3O4/c18-12-10-3-1-2-4-11(10)16-14(21)17(12)9-5-8(13(19)20)6-15-7-9/h1-7H,(H,16,21)(H,19,20). The number of para-hydroxylation sites is 1. The number of pyridine rings is 1. The maximum absolute atomic E-state index is 12.4. The molecule has 2 heterocycles. The maximum Gasteiger partial charge on any atom is 0.337 e. The molecule has 0 aliphatic carbocycles. The summed E-state index contributed by atoms with van der Waals surface area (Å²) in [4.78, 5) is 41.7. The van der Waals surface area contributed by atoms with Crippen molar-refractivity contribution in [3.8, 4) is 5.69 Å². The molecule has 0 aliphatic rings. The Hall–Kier alpha value is -3.22. The number of carbonyl (C=O) groups is 1. The highest BCUT2D eigenvalue weighted by molar-refractivity contribution is 5.87. The van der Waals surface area contributed by atoms with Crippen molar-refractivity contribution in [3.63, 3.8) is 0 Å². The first kappa shape index (κ1) is 12.8. The minimum Gasteiger partial charge on any atom is -0.478 e. The lowest BCUT2D eigenvalue weighted by Gasteiger charge is -2.06. The van der Waals surface area contributed by atoms with Crippen molar-refractivity contribution in [1.82, 2.24) is 14.5 Å². The Bertz CT molecular complexity index is 972. The van der Waals surface area contributed by atoms with E-state index in [1.165, 1.54) is 12.3 Å². The van der Waals surface area contributed by atoms with Crippen molar-refractivity contribution < 1.29 is 9.90 Å². The summed E-state index contributed by atoms with van der Waals surface area (Å²) in [5, 5.41) is 9.28. The van der Waals surface area contributed by atoms with E-state index in [0.717, 1.165) is 10.8 Å². The predicted molar refractivity (Wildman–Crippen MR) is 74.9 cm³/mol. The molecule has 3 aromatic rings. The van der Waals surface area contributed by atoms with E-state index in [1.54, 1.807) is 24.3 Å². The molecule has 0 aliphatic heterocycles. The summed E-state index contributed by atoms with van der Waals surface area (Å²) in [5.41, 5.74) is -0.758. The van der Waals surface area contributed by atoms with Gasteiger partial charge < -0.3 is 10.1 Å². The summed E-state index contributed by atoms with van der Waals surface area (Å²) in [5.74, 6) is -1.19. The topological polar surface area (TPSA) is 105 Å². The monoisotopic (exact) mass is 283 g/mol. The quantitative estimate of drug-likeness (QED) is 0.722. The van der Waals surface area contributed by atoms with Crippen LogP contribution in [0.2, 0.25) is 0 Å². The van der Waals surface area contributed by atoms with Crippen molar-refractivity contribution in [2.75, 3.05) is 0 Å². The average molecular weight is 283 g/mol. The van der Waals surface area contributed by atoms with E-state index in [9.17, 15) is 14.4 Å². The summed E-state index contributed by atoms with van der Waals surface area (Å²) in [7, 11) is 0. The largest absolute Gasteiger partial charge is 0.478 e. The molecule has 2 aromatic heterocycles. The molecule has 2 N–H and O–H groups in total. The molecule has 0 saturated carbocycles. The third-order valence-corrected chi connectivity index (χ3v) is 3.03. The van der Waals surface area contributed by atoms with Crippen molar-refractivity contribution in [2.45, 2.75) is 0 Å². The number of fused-ring (bicyclic) bond motifs is 1. The number of carboxylic acids is 1. The normalized spacial score (nSPS) is 10.7. The molecule has 21 heavy (non-hydrogen) atoms. The highest BCUT2D eigenvalue weighted by atomic mass is 16.4. The number of benzene rings is 1. The zero-order valence-electron chi connectivity index (χ0n) is 10.6. The van der Waals surface area contributed by atoms with Gasteiger partial charge in [0.2, 0.25) is 0 Å². The van der Waals surface area contributed by atoms with Gasteiger partial charge in [0.25, 0.3) is 5.56 Å². The Morgan fingerprint density at radius 1 is 1.19 bits per heavy atom. The molecule has 0 radical (unpaired) electrons. The molecule has 0 atom stereocenters. The molecule has 0 fully saturated rings. The third kappa shape index (κ3) is 2.10. The van der Waals surface area contributed by atoms with Gasteiger partial charge in [0.05, 0.1) is 28.4 Å². The second kappa shape index (κ2) is 4.71. The van der Waals surface area contributed by atoms with E-state index in [0.29, 0.717) is 10.9 Å². The van der Waals surface area contributed by atoms with Gasteiger partial charge in [-0.05, 0) is 18.2 Å². The number of hydrogen-bond donors (Lipinski definition) is 2. The van der Waals surface area contributed by atoms with Gasteiger partial charge in [-0.2, -0.15) is 0 Å². The van der Waals surface area contributed by atoms with Crippen LogP contribution in [0.5, 0.6) is 0 Å². The molecule has 0 amide bonds. The first-order valence-electron chi connectivity index (χ1n) is 6.01. The Morgan fingerprint density at radius 2 is 1.95 bits per heavy atom. The summed E-state index contributed by atoms with van der Waals surface area (Å²) >= 11 is 0. The van der Waals surface area contributed by atoms with Crippen LogP contribution >= 0.6 is 0 Å². The van der Waals surface area contributed by atoms with Gasteiger partial charge in [0.1, 0.15) is 0 Å². The fourth-order valence-corrected chi connectivity index (χ4v) is 2.06. The van der Waals surface area contributed by atoms with Gasteiger partial charge in [-0.25, -0.2) is 14.2 Å². The lowest BCUT2D eigenvalue weighted by molar-refractivity contribution is 0.0696. The van der Waals surface area contributed by atoms with Gasteiger partial charge in [-0.3, -0.25) is 9.78 Å². The van der Waals surface area contributed by atoms with E-state index in [2.05, 4.69) is 9.97 Å². The fraction of sp³-hybridized carbons (Fsp3) is 0. The number of rotatable bonds is 2. The van der Waals surface area contributed by atoms with E-state index in [1.807, 2.05) is 0 Å². The van der Waals surface area contributed by atoms with Crippen LogP contribution in [-0.2, 0) is 0 Å². The molecular formula is C14H9N3O4. The van der Waals surface area contributed by atoms with Gasteiger partial charge in [0.15, 0.2) is 0 Å². The first-order valence-corrected chi connectivity index (χ1v) is 6.01. The first-order chi connectivity index (χ1) is 10.1. The lowest BCUT2D eigenvalue weighted by atomic mass is 10.2. The van der Waals surface area contributed by atoms with Crippen LogP contribution in [0.3, 0.4) is 0 Å². The third-order valence-electron chi connectivity index (χ3n) is 3.03. The summed E-state index contributed by atoms with van der Waals surface area (Å²) in [6, 6.07) is 7.81. The number of nitrogens with zero attached hydrogens (tertiary/aromatic N) is 2. The van der Waals surface area contributed by atoms with Crippen LogP contribution in [0.1, 0.15) is 10.4 Å². The number of H-pyrrole nitrogens is 1. The summed E-state index contributed by atoms with van der Waals surface area (Å²) in [6.45, 7) is 0. The van der Waals surface area contributed by atoms with Crippen molar-refractivity contribution in [2.24, 2.45) is 0 Å². The molecule has 0 unspecified atom stereocenters. The molecule has 7 heteroatoms. The number of aromatic carboxylic acids is 1. The fourth-order valence-electron chi connectivity index (χ4n) is 2.06. The minimum atomic E-state index is -1.19. The molecular weight excluding hydrogens is 274 g/mol. The average Bonchev–Trinajstić information content (AvgIpc) is 2.47. The second-order valence-corrected chi connectivity index (χ2v) is 4.35. The Kier molecular flexibility index (Phi) is 2.87. The number of hydrogen-bond acceptors (Lipinski definition) is 4. The van der Waals surface area contributed by atoms with E-state index in [4.69, 9.17) is 5.11 Å². The lowest BCUT2D eigenvalue weighted by Crippen LogP contribution is -2.33. The van der Waals surface area contributed by atoms with E-state index < -0.39 is 17.2 Å². The molecule has 7 nitrogen and oxygen atoms in total. The van der Waals surface area contributed by atoms with Crippen molar-refractivity contribution >= 4 is 16.9 Å². The van der Waals surface area contributed by atoms with Crippen LogP contribution in [-0.4, -0.2) is 25.6 Å². The van der Waals surface area contributed by atoms with Crippen LogP contribution in [0.4, 0.5) is 0 Å². The zero-order valence-corrected chi connectivity index (χ0v) is 10.6. The van der Waals surface area contributed by atoms with E-state index in [-0.39, 0.29) is 11.3 Å². The molecule has 1 aromatic carbocycles. The minimum absolute atomic E-state index is 0.104. The van der Waals surface area contributed by atoms with Crippen molar-refractivity contribution in [1.29, 1.82) is 0 Å². The highest BCUT2D eigenvalue weighted by Gasteiger charge is 2.11. The predicted octanol–water partition coefficient (Wildman–Crippen LogP) is 0.772. The van der Waals surface area contributed by atoms with Gasteiger partial charge in [-0.1, -0.05) is 12.1 Å². The molecule has 0 bridgehead atoms. The Labute approximate surface area is 117 Å². The number of aromatic amines is 1. The van der Waals surface area contributed by atoms with Gasteiger partial charge in [-0.15, -0.1) is 0 Å². The van der Waals surface area contributed by atoms with Crippen LogP contribution in [0, 0.1) is 0 Å². The second-order valence-electron chi connectivity index (χ2n) is 4.35. The van der Waals surface area contributed by atoms with Crippen LogP contribution in [0.15, 0.2) is 52.3 Å². The van der Waals surface area contributed by atoms with Gasteiger partial charge in [0, 0.05) is 6.20 Å². The summed E-state index contributed by atoms with van der Waals surface area (Å²) < 4.78 is 0.863. The van der Waals surface area contributed by atoms with Crippen LogP contribution in [0.25, 0.3) is 16.6 Å². The highest BCUT2D eigenvalue weighted by Crippen LogP contribution is 2.08. The smallest absolute Gasteiger partial charge is 0.337 e. The number of carboxylic acid groups (broad SMARTS) is 1. The SMILES string of the molecule is O=C(O)c1cncc(-n2c(=O)[nH]c3ccccc3c2=O)c1. The number of aromatic nitrogens is 3. The molecule has 0 saturated heterocycles. The molecule has 0 spiro atoms. The molecule has 104 valence electrons. The Balaban J connectivity index is 2.35. The van der Waals surface area contributed by atoms with Crippen molar-refractivity contribution in [3.05, 3.63) is 69.1 Å². The Morgan fingerprint density at radius 3 is 2.71 bits per heavy atom. The maximum atomic E-state index is 12.4. The van der Waals surface area contributed by atoms with Crippen LogP contribution < -0.4 is 11.2 Å². The molecule has 3 rings (SSSR count).